The van der Waals surface area contributed by atoms with Crippen molar-refractivity contribution in [3.05, 3.63) is 34.9 Å². The number of carbonyl (C=O) groups excluding carboxylic acids is 1. The first kappa shape index (κ1) is 17.2. The molecule has 0 saturated carbocycles. The molecular formula is C13H20ClN5O2. The van der Waals surface area contributed by atoms with E-state index in [1.165, 1.54) is 9.08 Å². The Balaban J connectivity index is 0.00000220. The van der Waals surface area contributed by atoms with Crippen molar-refractivity contribution in [2.75, 3.05) is 19.6 Å². The lowest BCUT2D eigenvalue weighted by atomic mass is 10.4. The van der Waals surface area contributed by atoms with Crippen LogP contribution >= 0.6 is 12.4 Å². The minimum atomic E-state index is -0.221. The van der Waals surface area contributed by atoms with Gasteiger partial charge in [-0.15, -0.1) is 17.5 Å². The Labute approximate surface area is 128 Å². The average Bonchev–Trinajstić information content (AvgIpc) is 2.78. The van der Waals surface area contributed by atoms with Crippen molar-refractivity contribution in [2.45, 2.75) is 19.9 Å². The van der Waals surface area contributed by atoms with Crippen LogP contribution in [0, 0.1) is 0 Å². The van der Waals surface area contributed by atoms with Crippen LogP contribution in [-0.2, 0) is 11.3 Å². The molecule has 0 fully saturated rings. The van der Waals surface area contributed by atoms with Crippen LogP contribution < -0.4 is 16.3 Å². The van der Waals surface area contributed by atoms with Crippen LogP contribution in [-0.4, -0.2) is 39.7 Å². The quantitative estimate of drug-likeness (QED) is 0.707. The first-order valence-electron chi connectivity index (χ1n) is 6.74. The van der Waals surface area contributed by atoms with Gasteiger partial charge in [0.2, 0.25) is 5.91 Å². The molecule has 0 unspecified atom stereocenters. The smallest absolute Gasteiger partial charge is 0.350 e. The molecule has 0 bridgehead atoms. The lowest BCUT2D eigenvalue weighted by molar-refractivity contribution is -0.121. The molecule has 0 aliphatic heterocycles. The van der Waals surface area contributed by atoms with Crippen molar-refractivity contribution in [1.82, 2.24) is 24.8 Å². The minimum absolute atomic E-state index is 0. The number of amides is 1. The maximum Gasteiger partial charge on any atom is 0.350 e. The topological polar surface area (TPSA) is 80.4 Å². The molecule has 0 aliphatic rings. The standard InChI is InChI=1S/C13H19N5O2.ClH/c1-2-14-7-8-15-12(19)6-10-18-13(20)17-9-4-3-5-11(17)16-18;/h3-5,9,14H,2,6-8,10H2,1H3,(H,15,19);1H. The SMILES string of the molecule is CCNCCNC(=O)CCn1nc2ccccn2c1=O.Cl. The third kappa shape index (κ3) is 4.57. The van der Waals surface area contributed by atoms with Crippen LogP contribution in [0.1, 0.15) is 13.3 Å². The number of hydrogen-bond acceptors (Lipinski definition) is 4. The van der Waals surface area contributed by atoms with Crippen molar-refractivity contribution in [3.63, 3.8) is 0 Å². The van der Waals surface area contributed by atoms with Gasteiger partial charge >= 0.3 is 5.69 Å². The van der Waals surface area contributed by atoms with Gasteiger partial charge in [-0.05, 0) is 18.7 Å². The van der Waals surface area contributed by atoms with Crippen molar-refractivity contribution in [2.24, 2.45) is 0 Å². The highest BCUT2D eigenvalue weighted by molar-refractivity contribution is 5.85. The largest absolute Gasteiger partial charge is 0.355 e. The molecule has 2 rings (SSSR count). The summed E-state index contributed by atoms with van der Waals surface area (Å²) in [5.41, 5.74) is 0.367. The number of halogens is 1. The van der Waals surface area contributed by atoms with Gasteiger partial charge in [0.1, 0.15) is 0 Å². The zero-order valence-electron chi connectivity index (χ0n) is 11.9. The van der Waals surface area contributed by atoms with Gasteiger partial charge in [0.25, 0.3) is 0 Å². The lowest BCUT2D eigenvalue weighted by Gasteiger charge is -2.04. The van der Waals surface area contributed by atoms with E-state index in [9.17, 15) is 9.59 Å². The van der Waals surface area contributed by atoms with E-state index < -0.39 is 0 Å². The fourth-order valence-electron chi connectivity index (χ4n) is 1.88. The lowest BCUT2D eigenvalue weighted by Crippen LogP contribution is -2.33. The predicted molar refractivity (Wildman–Crippen MR) is 82.9 cm³/mol. The van der Waals surface area contributed by atoms with Gasteiger partial charge in [-0.1, -0.05) is 13.0 Å². The number of nitrogens with zero attached hydrogens (tertiary/aromatic N) is 3. The zero-order valence-corrected chi connectivity index (χ0v) is 12.7. The highest BCUT2D eigenvalue weighted by Crippen LogP contribution is 1.95. The van der Waals surface area contributed by atoms with E-state index in [-0.39, 0.29) is 37.0 Å². The van der Waals surface area contributed by atoms with Gasteiger partial charge in [0.15, 0.2) is 5.65 Å². The second-order valence-electron chi connectivity index (χ2n) is 4.39. The van der Waals surface area contributed by atoms with Crippen molar-refractivity contribution >= 4 is 24.0 Å². The fourth-order valence-corrected chi connectivity index (χ4v) is 1.88. The molecule has 0 aliphatic carbocycles. The summed E-state index contributed by atoms with van der Waals surface area (Å²) in [5.74, 6) is -0.0770. The molecule has 0 saturated heterocycles. The Morgan fingerprint density at radius 3 is 2.86 bits per heavy atom. The molecule has 0 radical (unpaired) electrons. The molecule has 21 heavy (non-hydrogen) atoms. The fraction of sp³-hybridized carbons (Fsp3) is 0.462. The summed E-state index contributed by atoms with van der Waals surface area (Å²) in [5, 5.41) is 10.1. The predicted octanol–water partition coefficient (Wildman–Crippen LogP) is 0.0336. The average molecular weight is 314 g/mol. The van der Waals surface area contributed by atoms with E-state index in [0.29, 0.717) is 12.2 Å². The van der Waals surface area contributed by atoms with E-state index in [4.69, 9.17) is 0 Å². The second kappa shape index (κ2) is 8.43. The summed E-state index contributed by atoms with van der Waals surface area (Å²) in [7, 11) is 0. The number of nitrogens with one attached hydrogen (secondary N) is 2. The number of aryl methyl sites for hydroxylation is 1. The number of aromatic nitrogens is 3. The van der Waals surface area contributed by atoms with Gasteiger partial charge in [0, 0.05) is 25.7 Å². The Bertz CT molecular complexity index is 637. The van der Waals surface area contributed by atoms with Crippen LogP contribution in [0.3, 0.4) is 0 Å². The Morgan fingerprint density at radius 2 is 2.14 bits per heavy atom. The normalized spacial score (nSPS) is 10.3. The van der Waals surface area contributed by atoms with Gasteiger partial charge in [0.05, 0.1) is 6.54 Å². The second-order valence-corrected chi connectivity index (χ2v) is 4.39. The molecule has 116 valence electrons. The number of carbonyl (C=O) groups is 1. The molecule has 0 spiro atoms. The third-order valence-corrected chi connectivity index (χ3v) is 2.91. The number of pyridine rings is 1. The molecule has 8 heteroatoms. The molecule has 7 nitrogen and oxygen atoms in total. The molecule has 0 atom stereocenters. The van der Waals surface area contributed by atoms with E-state index in [0.717, 1.165) is 13.1 Å². The summed E-state index contributed by atoms with van der Waals surface area (Å²) < 4.78 is 2.78. The van der Waals surface area contributed by atoms with Gasteiger partial charge in [-0.2, -0.15) is 0 Å². The van der Waals surface area contributed by atoms with Crippen molar-refractivity contribution in [1.29, 1.82) is 0 Å². The number of fused-ring (bicyclic) bond motifs is 1. The van der Waals surface area contributed by atoms with Gasteiger partial charge in [-0.25, -0.2) is 9.48 Å². The van der Waals surface area contributed by atoms with E-state index in [1.807, 2.05) is 13.0 Å². The Hall–Kier alpha value is -1.86. The minimum Gasteiger partial charge on any atom is -0.355 e. The maximum absolute atomic E-state index is 12.0. The first-order chi connectivity index (χ1) is 9.72. The number of rotatable bonds is 7. The highest BCUT2D eigenvalue weighted by Gasteiger charge is 2.07. The summed E-state index contributed by atoms with van der Waals surface area (Å²) >= 11 is 0. The Kier molecular flexibility index (Phi) is 6.90. The summed E-state index contributed by atoms with van der Waals surface area (Å²) in [6, 6.07) is 5.35. The number of hydrogen-bond donors (Lipinski definition) is 2. The molecule has 2 aromatic rings. The molecular weight excluding hydrogens is 294 g/mol. The Morgan fingerprint density at radius 1 is 1.33 bits per heavy atom. The van der Waals surface area contributed by atoms with Gasteiger partial charge in [-0.3, -0.25) is 9.20 Å². The van der Waals surface area contributed by atoms with Crippen LogP contribution in [0.2, 0.25) is 0 Å². The molecule has 2 N–H and O–H groups in total. The van der Waals surface area contributed by atoms with Crippen LogP contribution in [0.5, 0.6) is 0 Å². The van der Waals surface area contributed by atoms with Crippen LogP contribution in [0.4, 0.5) is 0 Å². The van der Waals surface area contributed by atoms with E-state index in [1.54, 1.807) is 18.3 Å². The number of likely N-dealkylation sites (N-methyl/N-ethyl adjacent to an activating group) is 1. The van der Waals surface area contributed by atoms with Crippen molar-refractivity contribution in [3.8, 4) is 0 Å². The summed E-state index contributed by atoms with van der Waals surface area (Å²) in [6.07, 6.45) is 1.91. The van der Waals surface area contributed by atoms with Gasteiger partial charge < -0.3 is 10.6 Å². The monoisotopic (exact) mass is 313 g/mol. The summed E-state index contributed by atoms with van der Waals surface area (Å²) in [6.45, 7) is 4.51. The first-order valence-corrected chi connectivity index (χ1v) is 6.74. The molecule has 1 amide bonds. The molecule has 0 aromatic carbocycles. The van der Waals surface area contributed by atoms with Crippen molar-refractivity contribution < 1.29 is 4.79 Å². The zero-order chi connectivity index (χ0) is 14.4. The van der Waals surface area contributed by atoms with E-state index in [2.05, 4.69) is 15.7 Å². The van der Waals surface area contributed by atoms with Crippen LogP contribution in [0.15, 0.2) is 29.2 Å². The summed E-state index contributed by atoms with van der Waals surface area (Å²) in [4.78, 5) is 23.6. The maximum atomic E-state index is 12.0. The highest BCUT2D eigenvalue weighted by atomic mass is 35.5. The third-order valence-electron chi connectivity index (χ3n) is 2.91. The molecule has 2 heterocycles. The molecule has 2 aromatic heterocycles. The van der Waals surface area contributed by atoms with Crippen LogP contribution in [0.25, 0.3) is 5.65 Å². The van der Waals surface area contributed by atoms with E-state index >= 15 is 0 Å².